The van der Waals surface area contributed by atoms with E-state index in [2.05, 4.69) is 22.1 Å². The maximum Gasteiger partial charge on any atom is 0.271 e. The Hall–Kier alpha value is -1.83. The number of hydrogen-bond donors (Lipinski definition) is 1. The zero-order valence-corrected chi connectivity index (χ0v) is 11.8. The fraction of sp³-hybridized carbons (Fsp3) is 0.143. The third kappa shape index (κ3) is 3.82. The van der Waals surface area contributed by atoms with Gasteiger partial charge in [0.05, 0.1) is 16.6 Å². The second-order valence-electron chi connectivity index (χ2n) is 3.72. The van der Waals surface area contributed by atoms with Crippen LogP contribution in [-0.4, -0.2) is 17.4 Å². The first kappa shape index (κ1) is 13.6. The molecule has 0 radical (unpaired) electrons. The molecule has 0 saturated carbocycles. The number of carbonyl (C=O) groups excluding carboxylic acids is 1. The molecule has 1 aromatic heterocycles. The average Bonchev–Trinajstić information content (AvgIpc) is 2.83. The summed E-state index contributed by atoms with van der Waals surface area (Å²) in [4.78, 5) is 15.8. The van der Waals surface area contributed by atoms with Crippen LogP contribution in [0.3, 0.4) is 0 Å². The third-order valence-corrected chi connectivity index (χ3v) is 3.39. The van der Waals surface area contributed by atoms with Gasteiger partial charge in [0.25, 0.3) is 5.91 Å². The SMILES string of the molecule is Cc1nc(C(=O)NCC#Cc2ccccc2Cl)cs1. The molecule has 1 N–H and O–H groups in total. The van der Waals surface area contributed by atoms with Crippen molar-refractivity contribution in [3.63, 3.8) is 0 Å². The van der Waals surface area contributed by atoms with Crippen LogP contribution in [0.4, 0.5) is 0 Å². The minimum Gasteiger partial charge on any atom is -0.340 e. The molecule has 19 heavy (non-hydrogen) atoms. The van der Waals surface area contributed by atoms with Crippen LogP contribution < -0.4 is 5.32 Å². The molecule has 3 nitrogen and oxygen atoms in total. The predicted molar refractivity (Wildman–Crippen MR) is 77.5 cm³/mol. The molecule has 0 atom stereocenters. The molecule has 0 aliphatic rings. The quantitative estimate of drug-likeness (QED) is 0.864. The van der Waals surface area contributed by atoms with Crippen molar-refractivity contribution in [2.24, 2.45) is 0 Å². The van der Waals surface area contributed by atoms with E-state index in [4.69, 9.17) is 11.6 Å². The van der Waals surface area contributed by atoms with Gasteiger partial charge in [-0.2, -0.15) is 0 Å². The fourth-order valence-corrected chi connectivity index (χ4v) is 2.16. The highest BCUT2D eigenvalue weighted by Gasteiger charge is 2.07. The van der Waals surface area contributed by atoms with E-state index in [9.17, 15) is 4.79 Å². The second-order valence-corrected chi connectivity index (χ2v) is 5.19. The first-order valence-electron chi connectivity index (χ1n) is 5.60. The molecule has 0 bridgehead atoms. The zero-order valence-electron chi connectivity index (χ0n) is 10.2. The van der Waals surface area contributed by atoms with E-state index in [1.807, 2.05) is 25.1 Å². The Morgan fingerprint density at radius 3 is 2.95 bits per heavy atom. The number of benzene rings is 1. The molecule has 0 unspecified atom stereocenters. The summed E-state index contributed by atoms with van der Waals surface area (Å²) in [6.07, 6.45) is 0. The number of hydrogen-bond acceptors (Lipinski definition) is 3. The molecule has 2 rings (SSSR count). The molecule has 0 saturated heterocycles. The first-order valence-corrected chi connectivity index (χ1v) is 6.86. The van der Waals surface area contributed by atoms with Gasteiger partial charge in [-0.25, -0.2) is 4.98 Å². The molecule has 0 aliphatic heterocycles. The topological polar surface area (TPSA) is 42.0 Å². The number of halogens is 1. The lowest BCUT2D eigenvalue weighted by Crippen LogP contribution is -2.23. The molecule has 96 valence electrons. The van der Waals surface area contributed by atoms with Gasteiger partial charge in [0.1, 0.15) is 5.69 Å². The summed E-state index contributed by atoms with van der Waals surface area (Å²) in [5.41, 5.74) is 1.19. The number of rotatable bonds is 2. The Balaban J connectivity index is 1.91. The van der Waals surface area contributed by atoms with Crippen molar-refractivity contribution in [2.75, 3.05) is 6.54 Å². The number of nitrogens with one attached hydrogen (secondary N) is 1. The van der Waals surface area contributed by atoms with Gasteiger partial charge in [0.15, 0.2) is 0 Å². The lowest BCUT2D eigenvalue weighted by Gasteiger charge is -1.96. The molecule has 1 amide bonds. The van der Waals surface area contributed by atoms with E-state index in [-0.39, 0.29) is 12.5 Å². The van der Waals surface area contributed by atoms with Crippen molar-refractivity contribution in [3.05, 3.63) is 50.9 Å². The number of aromatic nitrogens is 1. The van der Waals surface area contributed by atoms with Gasteiger partial charge in [-0.1, -0.05) is 35.6 Å². The van der Waals surface area contributed by atoms with E-state index in [1.54, 1.807) is 11.4 Å². The lowest BCUT2D eigenvalue weighted by atomic mass is 10.2. The summed E-state index contributed by atoms with van der Waals surface area (Å²) in [6, 6.07) is 7.33. The van der Waals surface area contributed by atoms with Gasteiger partial charge in [-0.3, -0.25) is 4.79 Å². The number of amides is 1. The van der Waals surface area contributed by atoms with Crippen LogP contribution in [-0.2, 0) is 0 Å². The summed E-state index contributed by atoms with van der Waals surface area (Å²) in [5, 5.41) is 5.89. The first-order chi connectivity index (χ1) is 9.16. The van der Waals surface area contributed by atoms with Gasteiger partial charge in [0.2, 0.25) is 0 Å². The summed E-state index contributed by atoms with van der Waals surface area (Å²) < 4.78 is 0. The van der Waals surface area contributed by atoms with Crippen molar-refractivity contribution in [3.8, 4) is 11.8 Å². The fourth-order valence-electron chi connectivity index (χ4n) is 1.38. The Kier molecular flexibility index (Phi) is 4.56. The van der Waals surface area contributed by atoms with Crippen LogP contribution in [0.5, 0.6) is 0 Å². The Bertz CT molecular complexity index is 655. The number of thiazole rings is 1. The largest absolute Gasteiger partial charge is 0.340 e. The maximum atomic E-state index is 11.7. The van der Waals surface area contributed by atoms with Gasteiger partial charge in [-0.05, 0) is 19.1 Å². The van der Waals surface area contributed by atoms with Crippen molar-refractivity contribution in [1.29, 1.82) is 0 Å². The third-order valence-electron chi connectivity index (χ3n) is 2.29. The molecule has 0 spiro atoms. The molecular weight excluding hydrogens is 280 g/mol. The van der Waals surface area contributed by atoms with E-state index >= 15 is 0 Å². The number of carbonyl (C=O) groups is 1. The Morgan fingerprint density at radius 1 is 1.47 bits per heavy atom. The predicted octanol–water partition coefficient (Wildman–Crippen LogP) is 2.89. The van der Waals surface area contributed by atoms with Gasteiger partial charge < -0.3 is 5.32 Å². The van der Waals surface area contributed by atoms with Crippen LogP contribution in [0.2, 0.25) is 5.02 Å². The minimum absolute atomic E-state index is 0.210. The summed E-state index contributed by atoms with van der Waals surface area (Å²) in [6.45, 7) is 2.12. The molecule has 0 aliphatic carbocycles. The summed E-state index contributed by atoms with van der Waals surface area (Å²) in [7, 11) is 0. The van der Waals surface area contributed by atoms with E-state index < -0.39 is 0 Å². The van der Waals surface area contributed by atoms with Gasteiger partial charge in [0, 0.05) is 10.9 Å². The van der Waals surface area contributed by atoms with Crippen LogP contribution in [0, 0.1) is 18.8 Å². The van der Waals surface area contributed by atoms with Crippen LogP contribution in [0.25, 0.3) is 0 Å². The van der Waals surface area contributed by atoms with Crippen LogP contribution in [0.1, 0.15) is 21.1 Å². The standard InChI is InChI=1S/C14H11ClN2OS/c1-10-17-13(9-19-10)14(18)16-8-4-6-11-5-2-3-7-12(11)15/h2-3,5,7,9H,8H2,1H3,(H,16,18). The maximum absolute atomic E-state index is 11.7. The summed E-state index contributed by atoms with van der Waals surface area (Å²) >= 11 is 7.41. The normalized spacial score (nSPS) is 9.58. The second kappa shape index (κ2) is 6.37. The van der Waals surface area contributed by atoms with E-state index in [0.717, 1.165) is 10.6 Å². The average molecular weight is 291 g/mol. The molecule has 2 aromatic rings. The molecule has 5 heteroatoms. The van der Waals surface area contributed by atoms with E-state index in [1.165, 1.54) is 11.3 Å². The van der Waals surface area contributed by atoms with Crippen LogP contribution >= 0.6 is 22.9 Å². The molecule has 0 fully saturated rings. The zero-order chi connectivity index (χ0) is 13.7. The monoisotopic (exact) mass is 290 g/mol. The number of aryl methyl sites for hydroxylation is 1. The molecular formula is C14H11ClN2OS. The van der Waals surface area contributed by atoms with Crippen molar-refractivity contribution >= 4 is 28.8 Å². The van der Waals surface area contributed by atoms with Gasteiger partial charge >= 0.3 is 0 Å². The molecule has 1 heterocycles. The highest BCUT2D eigenvalue weighted by Crippen LogP contribution is 2.12. The Labute approximate surface area is 120 Å². The number of nitrogens with zero attached hydrogens (tertiary/aromatic N) is 1. The van der Waals surface area contributed by atoms with Crippen molar-refractivity contribution in [2.45, 2.75) is 6.92 Å². The van der Waals surface area contributed by atoms with Crippen LogP contribution in [0.15, 0.2) is 29.6 Å². The van der Waals surface area contributed by atoms with Crippen molar-refractivity contribution in [1.82, 2.24) is 10.3 Å². The van der Waals surface area contributed by atoms with Crippen molar-refractivity contribution < 1.29 is 4.79 Å². The van der Waals surface area contributed by atoms with Gasteiger partial charge in [-0.15, -0.1) is 11.3 Å². The lowest BCUT2D eigenvalue weighted by molar-refractivity contribution is 0.0954. The highest BCUT2D eigenvalue weighted by atomic mass is 35.5. The minimum atomic E-state index is -0.210. The Morgan fingerprint density at radius 2 is 2.26 bits per heavy atom. The summed E-state index contributed by atoms with van der Waals surface area (Å²) in [5.74, 6) is 5.56. The smallest absolute Gasteiger partial charge is 0.271 e. The highest BCUT2D eigenvalue weighted by molar-refractivity contribution is 7.09. The van der Waals surface area contributed by atoms with E-state index in [0.29, 0.717) is 10.7 Å². The molecule has 1 aromatic carbocycles.